The fourth-order valence-corrected chi connectivity index (χ4v) is 4.16. The largest absolute Gasteiger partial charge is 0.418 e. The van der Waals surface area contributed by atoms with Crippen LogP contribution in [-0.4, -0.2) is 20.7 Å². The van der Waals surface area contributed by atoms with E-state index in [1.807, 2.05) is 31.2 Å². The van der Waals surface area contributed by atoms with Gasteiger partial charge in [0.05, 0.1) is 21.0 Å². The Morgan fingerprint density at radius 2 is 1.78 bits per heavy atom. The molecule has 0 fully saturated rings. The van der Waals surface area contributed by atoms with Gasteiger partial charge < -0.3 is 5.32 Å². The summed E-state index contributed by atoms with van der Waals surface area (Å²) in [5, 5.41) is 7.25. The minimum atomic E-state index is -4.63. The van der Waals surface area contributed by atoms with E-state index < -0.39 is 29.8 Å². The normalized spacial score (nSPS) is 11.7. The number of carbonyl (C=O) groups is 1. The Morgan fingerprint density at radius 3 is 2.47 bits per heavy atom. The van der Waals surface area contributed by atoms with Crippen molar-refractivity contribution in [3.05, 3.63) is 75.0 Å². The van der Waals surface area contributed by atoms with Gasteiger partial charge in [-0.15, -0.1) is 11.3 Å². The molecule has 4 aromatic rings. The van der Waals surface area contributed by atoms with Crippen LogP contribution in [0.2, 0.25) is 0 Å². The SMILES string of the molecule is Cc1ccc(-c2nn(CC(=O)Nc3ccccc3C(F)(F)F)c(=O)c3nc(C)sc23)cc1. The Balaban J connectivity index is 1.73. The summed E-state index contributed by atoms with van der Waals surface area (Å²) in [6.07, 6.45) is -4.63. The van der Waals surface area contributed by atoms with Gasteiger partial charge in [0.1, 0.15) is 12.2 Å². The molecule has 0 aliphatic heterocycles. The molecular weight excluding hydrogens is 441 g/mol. The molecule has 2 heterocycles. The van der Waals surface area contributed by atoms with Crippen LogP contribution in [0.1, 0.15) is 16.1 Å². The number of amides is 1. The van der Waals surface area contributed by atoms with Crippen LogP contribution in [0.5, 0.6) is 0 Å². The standard InChI is InChI=1S/C22H17F3N4O2S/c1-12-7-9-14(10-8-12)18-20-19(26-13(2)32-20)21(31)29(28-18)11-17(30)27-16-6-4-3-5-15(16)22(23,24)25/h3-10H,11H2,1-2H3,(H,27,30). The van der Waals surface area contributed by atoms with Crippen LogP contribution in [0.3, 0.4) is 0 Å². The van der Waals surface area contributed by atoms with Crippen LogP contribution in [0, 0.1) is 13.8 Å². The van der Waals surface area contributed by atoms with Gasteiger partial charge in [0.2, 0.25) is 5.91 Å². The molecule has 0 aliphatic rings. The van der Waals surface area contributed by atoms with Crippen molar-refractivity contribution < 1.29 is 18.0 Å². The summed E-state index contributed by atoms with van der Waals surface area (Å²) < 4.78 is 41.2. The first-order chi connectivity index (χ1) is 15.1. The Bertz CT molecular complexity index is 1370. The molecule has 0 aliphatic carbocycles. The number of nitrogens with one attached hydrogen (secondary N) is 1. The van der Waals surface area contributed by atoms with Crippen LogP contribution in [0.4, 0.5) is 18.9 Å². The second kappa shape index (κ2) is 8.19. The molecule has 2 aromatic carbocycles. The predicted octanol–water partition coefficient (Wildman–Crippen LogP) is 4.79. The number of alkyl halides is 3. The number of rotatable bonds is 4. The zero-order valence-corrected chi connectivity index (χ0v) is 17.8. The van der Waals surface area contributed by atoms with E-state index in [2.05, 4.69) is 15.4 Å². The number of thiazole rings is 1. The average Bonchev–Trinajstić information content (AvgIpc) is 3.12. The quantitative estimate of drug-likeness (QED) is 0.477. The molecule has 2 aromatic heterocycles. The zero-order valence-electron chi connectivity index (χ0n) is 17.0. The average molecular weight is 458 g/mol. The van der Waals surface area contributed by atoms with Crippen molar-refractivity contribution in [2.75, 3.05) is 5.32 Å². The number of halogens is 3. The van der Waals surface area contributed by atoms with Crippen molar-refractivity contribution in [1.29, 1.82) is 0 Å². The molecule has 0 unspecified atom stereocenters. The lowest BCUT2D eigenvalue weighted by atomic mass is 10.1. The number of aryl methyl sites for hydroxylation is 2. The van der Waals surface area contributed by atoms with Crippen LogP contribution < -0.4 is 10.9 Å². The Kier molecular flexibility index (Phi) is 5.55. The molecule has 1 amide bonds. The van der Waals surface area contributed by atoms with Gasteiger partial charge in [-0.1, -0.05) is 42.0 Å². The Hall–Kier alpha value is -3.53. The van der Waals surface area contributed by atoms with Crippen LogP contribution in [0.15, 0.2) is 53.3 Å². The lowest BCUT2D eigenvalue weighted by Crippen LogP contribution is -2.30. The summed E-state index contributed by atoms with van der Waals surface area (Å²) in [5.41, 5.74) is 0.485. The highest BCUT2D eigenvalue weighted by Gasteiger charge is 2.33. The molecule has 4 rings (SSSR count). The van der Waals surface area contributed by atoms with Crippen molar-refractivity contribution in [2.24, 2.45) is 0 Å². The fraction of sp³-hybridized carbons (Fsp3) is 0.182. The maximum atomic E-state index is 13.2. The van der Waals surface area contributed by atoms with E-state index in [1.54, 1.807) is 6.92 Å². The first-order valence-corrected chi connectivity index (χ1v) is 10.4. The molecule has 164 valence electrons. The lowest BCUT2D eigenvalue weighted by Gasteiger charge is -2.14. The fourth-order valence-electron chi connectivity index (χ4n) is 3.24. The molecule has 0 atom stereocenters. The second-order valence-corrected chi connectivity index (χ2v) is 8.38. The summed E-state index contributed by atoms with van der Waals surface area (Å²) in [4.78, 5) is 29.7. The lowest BCUT2D eigenvalue weighted by molar-refractivity contribution is -0.137. The van der Waals surface area contributed by atoms with Crippen molar-refractivity contribution in [3.63, 3.8) is 0 Å². The van der Waals surface area contributed by atoms with Gasteiger partial charge in [-0.25, -0.2) is 9.67 Å². The minimum absolute atomic E-state index is 0.168. The van der Waals surface area contributed by atoms with Gasteiger partial charge in [0.25, 0.3) is 5.56 Å². The summed E-state index contributed by atoms with van der Waals surface area (Å²) in [6.45, 7) is 3.14. The third kappa shape index (κ3) is 4.26. The van der Waals surface area contributed by atoms with E-state index in [0.717, 1.165) is 27.9 Å². The molecule has 10 heteroatoms. The number of benzene rings is 2. The molecule has 0 saturated heterocycles. The van der Waals surface area contributed by atoms with Gasteiger partial charge >= 0.3 is 6.18 Å². The number of hydrogen-bond donors (Lipinski definition) is 1. The highest BCUT2D eigenvalue weighted by molar-refractivity contribution is 7.19. The number of nitrogens with zero attached hydrogens (tertiary/aromatic N) is 3. The molecule has 0 bridgehead atoms. The summed E-state index contributed by atoms with van der Waals surface area (Å²) in [7, 11) is 0. The van der Waals surface area contributed by atoms with Crippen molar-refractivity contribution >= 4 is 33.1 Å². The number of carbonyl (C=O) groups excluding carboxylic acids is 1. The maximum absolute atomic E-state index is 13.2. The number of anilines is 1. The Morgan fingerprint density at radius 1 is 1.09 bits per heavy atom. The van der Waals surface area contributed by atoms with Crippen LogP contribution >= 0.6 is 11.3 Å². The predicted molar refractivity (Wildman–Crippen MR) is 117 cm³/mol. The molecule has 0 radical (unpaired) electrons. The molecule has 6 nitrogen and oxygen atoms in total. The number of hydrogen-bond acceptors (Lipinski definition) is 5. The molecule has 32 heavy (non-hydrogen) atoms. The summed E-state index contributed by atoms with van der Waals surface area (Å²) in [5.74, 6) is -0.808. The molecule has 0 spiro atoms. The van der Waals surface area contributed by atoms with Crippen LogP contribution in [0.25, 0.3) is 21.5 Å². The van der Waals surface area contributed by atoms with Crippen molar-refractivity contribution in [1.82, 2.24) is 14.8 Å². The summed E-state index contributed by atoms with van der Waals surface area (Å²) in [6, 6.07) is 12.1. The van der Waals surface area contributed by atoms with E-state index in [1.165, 1.54) is 23.5 Å². The van der Waals surface area contributed by atoms with Crippen molar-refractivity contribution in [3.8, 4) is 11.3 Å². The van der Waals surface area contributed by atoms with E-state index >= 15 is 0 Å². The number of aromatic nitrogens is 3. The van der Waals surface area contributed by atoms with Gasteiger partial charge in [-0.2, -0.15) is 18.3 Å². The highest BCUT2D eigenvalue weighted by atomic mass is 32.1. The first kappa shape index (κ1) is 21.7. The number of para-hydroxylation sites is 1. The van der Waals surface area contributed by atoms with E-state index in [9.17, 15) is 22.8 Å². The maximum Gasteiger partial charge on any atom is 0.418 e. The second-order valence-electron chi connectivity index (χ2n) is 7.18. The Labute approximate surface area is 184 Å². The molecule has 0 saturated carbocycles. The monoisotopic (exact) mass is 458 g/mol. The van der Waals surface area contributed by atoms with E-state index in [4.69, 9.17) is 0 Å². The minimum Gasteiger partial charge on any atom is -0.324 e. The molecule has 1 N–H and O–H groups in total. The van der Waals surface area contributed by atoms with Crippen molar-refractivity contribution in [2.45, 2.75) is 26.6 Å². The third-order valence-electron chi connectivity index (χ3n) is 4.73. The first-order valence-electron chi connectivity index (χ1n) is 9.55. The topological polar surface area (TPSA) is 76.9 Å². The third-order valence-corrected chi connectivity index (χ3v) is 5.71. The van der Waals surface area contributed by atoms with Gasteiger partial charge in [-0.3, -0.25) is 9.59 Å². The van der Waals surface area contributed by atoms with Gasteiger partial charge in [0, 0.05) is 5.56 Å². The highest BCUT2D eigenvalue weighted by Crippen LogP contribution is 2.34. The smallest absolute Gasteiger partial charge is 0.324 e. The van der Waals surface area contributed by atoms with Gasteiger partial charge in [0.15, 0.2) is 5.52 Å². The molecular formula is C22H17F3N4O2S. The van der Waals surface area contributed by atoms with Crippen LogP contribution in [-0.2, 0) is 17.5 Å². The van der Waals surface area contributed by atoms with Gasteiger partial charge in [-0.05, 0) is 26.0 Å². The van der Waals surface area contributed by atoms with E-state index in [0.29, 0.717) is 15.4 Å². The number of fused-ring (bicyclic) bond motifs is 1. The zero-order chi connectivity index (χ0) is 23.0. The summed E-state index contributed by atoms with van der Waals surface area (Å²) >= 11 is 1.31. The van der Waals surface area contributed by atoms with E-state index in [-0.39, 0.29) is 11.2 Å².